The highest BCUT2D eigenvalue weighted by Crippen LogP contribution is 2.23. The van der Waals surface area contributed by atoms with Gasteiger partial charge in [0.2, 0.25) is 0 Å². The molecule has 0 atom stereocenters. The first-order chi connectivity index (χ1) is 5.20. The average Bonchev–Trinajstić information content (AvgIpc) is 2.26. The van der Waals surface area contributed by atoms with Gasteiger partial charge < -0.3 is 0 Å². The van der Waals surface area contributed by atoms with Gasteiger partial charge in [-0.05, 0) is 22.4 Å². The lowest BCUT2D eigenvalue weighted by Gasteiger charge is -1.94. The zero-order chi connectivity index (χ0) is 8.43. The SMILES string of the molecule is CCc1nn(C)c(CI)c1Br. The molecule has 0 aliphatic rings. The Morgan fingerprint density at radius 1 is 1.64 bits per heavy atom. The smallest absolute Gasteiger partial charge is 0.0767 e. The molecule has 0 bridgehead atoms. The Morgan fingerprint density at radius 3 is 2.55 bits per heavy atom. The molecule has 0 aliphatic carbocycles. The summed E-state index contributed by atoms with van der Waals surface area (Å²) in [6, 6.07) is 0. The lowest BCUT2D eigenvalue weighted by Crippen LogP contribution is -1.95. The third-order valence-corrected chi connectivity index (χ3v) is 3.27. The molecule has 0 saturated heterocycles. The van der Waals surface area contributed by atoms with Crippen molar-refractivity contribution in [2.24, 2.45) is 7.05 Å². The minimum Gasteiger partial charge on any atom is -0.270 e. The van der Waals surface area contributed by atoms with Crippen LogP contribution in [0.2, 0.25) is 0 Å². The quantitative estimate of drug-likeness (QED) is 0.603. The first-order valence-electron chi connectivity index (χ1n) is 3.46. The molecule has 0 saturated carbocycles. The molecule has 0 fully saturated rings. The van der Waals surface area contributed by atoms with E-state index in [0.717, 1.165) is 16.5 Å². The predicted molar refractivity (Wildman–Crippen MR) is 58.0 cm³/mol. The second kappa shape index (κ2) is 3.89. The van der Waals surface area contributed by atoms with Crippen molar-refractivity contribution in [1.29, 1.82) is 0 Å². The normalized spacial score (nSPS) is 10.5. The van der Waals surface area contributed by atoms with E-state index in [9.17, 15) is 0 Å². The Kier molecular flexibility index (Phi) is 3.36. The summed E-state index contributed by atoms with van der Waals surface area (Å²) in [7, 11) is 1.98. The van der Waals surface area contributed by atoms with Gasteiger partial charge in [0.1, 0.15) is 0 Å². The van der Waals surface area contributed by atoms with Gasteiger partial charge in [0.25, 0.3) is 0 Å². The maximum atomic E-state index is 4.36. The molecular formula is C7H10BrIN2. The van der Waals surface area contributed by atoms with E-state index in [4.69, 9.17) is 0 Å². The molecule has 2 nitrogen and oxygen atoms in total. The van der Waals surface area contributed by atoms with Crippen LogP contribution < -0.4 is 0 Å². The number of halogens is 2. The highest BCUT2D eigenvalue weighted by atomic mass is 127. The van der Waals surface area contributed by atoms with Gasteiger partial charge in [-0.25, -0.2) is 0 Å². The van der Waals surface area contributed by atoms with Crippen LogP contribution in [-0.4, -0.2) is 9.78 Å². The van der Waals surface area contributed by atoms with Crippen molar-refractivity contribution in [2.45, 2.75) is 17.8 Å². The molecule has 0 amide bonds. The molecule has 1 aromatic rings. The molecule has 4 heteroatoms. The minimum absolute atomic E-state index is 0.991. The van der Waals surface area contributed by atoms with Crippen LogP contribution >= 0.6 is 38.5 Å². The number of rotatable bonds is 2. The van der Waals surface area contributed by atoms with Crippen LogP contribution in [0.25, 0.3) is 0 Å². The van der Waals surface area contributed by atoms with Crippen LogP contribution in [0.5, 0.6) is 0 Å². The Balaban J connectivity index is 3.14. The van der Waals surface area contributed by atoms with E-state index in [0.29, 0.717) is 0 Å². The fraction of sp³-hybridized carbons (Fsp3) is 0.571. The summed E-state index contributed by atoms with van der Waals surface area (Å²) >= 11 is 5.88. The molecule has 1 aromatic heterocycles. The third kappa shape index (κ3) is 1.77. The number of hydrogen-bond acceptors (Lipinski definition) is 1. The molecule has 0 aliphatic heterocycles. The lowest BCUT2D eigenvalue weighted by molar-refractivity contribution is 0.722. The molecule has 0 N–H and O–H groups in total. The van der Waals surface area contributed by atoms with E-state index in [1.54, 1.807) is 0 Å². The second-order valence-corrected chi connectivity index (χ2v) is 3.87. The van der Waals surface area contributed by atoms with Gasteiger partial charge in [-0.3, -0.25) is 4.68 Å². The Morgan fingerprint density at radius 2 is 2.27 bits per heavy atom. The fourth-order valence-corrected chi connectivity index (χ4v) is 3.12. The number of hydrogen-bond donors (Lipinski definition) is 0. The largest absolute Gasteiger partial charge is 0.270 e. The zero-order valence-electron chi connectivity index (χ0n) is 6.56. The summed E-state index contributed by atoms with van der Waals surface area (Å²) in [5.41, 5.74) is 2.42. The van der Waals surface area contributed by atoms with E-state index in [1.807, 2.05) is 11.7 Å². The van der Waals surface area contributed by atoms with Crippen molar-refractivity contribution < 1.29 is 0 Å². The highest BCUT2D eigenvalue weighted by Gasteiger charge is 2.09. The molecule has 0 unspecified atom stereocenters. The van der Waals surface area contributed by atoms with Gasteiger partial charge in [-0.2, -0.15) is 5.10 Å². The van der Waals surface area contributed by atoms with Gasteiger partial charge in [-0.15, -0.1) is 0 Å². The molecule has 11 heavy (non-hydrogen) atoms. The molecule has 62 valence electrons. The van der Waals surface area contributed by atoms with E-state index >= 15 is 0 Å². The van der Waals surface area contributed by atoms with Crippen LogP contribution in [0, 0.1) is 0 Å². The molecule has 0 spiro atoms. The molecule has 1 heterocycles. The average molecular weight is 329 g/mol. The topological polar surface area (TPSA) is 17.8 Å². The maximum Gasteiger partial charge on any atom is 0.0767 e. The van der Waals surface area contributed by atoms with E-state index < -0.39 is 0 Å². The second-order valence-electron chi connectivity index (χ2n) is 2.32. The number of aryl methyl sites for hydroxylation is 2. The maximum absolute atomic E-state index is 4.36. The molecule has 1 rings (SSSR count). The summed E-state index contributed by atoms with van der Waals surface area (Å²) < 4.78 is 4.12. The first kappa shape index (κ1) is 9.51. The van der Waals surface area contributed by atoms with E-state index in [-0.39, 0.29) is 0 Å². The van der Waals surface area contributed by atoms with Crippen molar-refractivity contribution >= 4 is 38.5 Å². The summed E-state index contributed by atoms with van der Waals surface area (Å²) in [5, 5.41) is 4.36. The van der Waals surface area contributed by atoms with Gasteiger partial charge in [0.05, 0.1) is 15.9 Å². The Labute approximate surface area is 88.6 Å². The lowest BCUT2D eigenvalue weighted by atomic mass is 10.3. The van der Waals surface area contributed by atoms with Crippen LogP contribution in [-0.2, 0) is 17.9 Å². The van der Waals surface area contributed by atoms with Gasteiger partial charge in [0.15, 0.2) is 0 Å². The number of alkyl halides is 1. The molecule has 0 radical (unpaired) electrons. The van der Waals surface area contributed by atoms with Crippen LogP contribution in [0.4, 0.5) is 0 Å². The van der Waals surface area contributed by atoms with E-state index in [2.05, 4.69) is 50.5 Å². The Hall–Kier alpha value is 0.420. The number of aromatic nitrogens is 2. The van der Waals surface area contributed by atoms with Gasteiger partial charge in [0, 0.05) is 11.5 Å². The van der Waals surface area contributed by atoms with Crippen molar-refractivity contribution in [1.82, 2.24) is 9.78 Å². The van der Waals surface area contributed by atoms with Crippen molar-refractivity contribution in [3.05, 3.63) is 15.9 Å². The van der Waals surface area contributed by atoms with Crippen molar-refractivity contribution in [3.8, 4) is 0 Å². The monoisotopic (exact) mass is 328 g/mol. The van der Waals surface area contributed by atoms with Gasteiger partial charge >= 0.3 is 0 Å². The standard InChI is InChI=1S/C7H10BrIN2/c1-3-5-7(8)6(4-9)11(2)10-5/h3-4H2,1-2H3. The summed E-state index contributed by atoms with van der Waals surface area (Å²) in [5.74, 6) is 0. The molecule has 0 aromatic carbocycles. The van der Waals surface area contributed by atoms with Crippen molar-refractivity contribution in [2.75, 3.05) is 0 Å². The van der Waals surface area contributed by atoms with Crippen LogP contribution in [0.15, 0.2) is 4.47 Å². The van der Waals surface area contributed by atoms with Crippen molar-refractivity contribution in [3.63, 3.8) is 0 Å². The third-order valence-electron chi connectivity index (χ3n) is 1.63. The highest BCUT2D eigenvalue weighted by molar-refractivity contribution is 14.1. The summed E-state index contributed by atoms with van der Waals surface area (Å²) in [4.78, 5) is 0. The first-order valence-corrected chi connectivity index (χ1v) is 5.78. The predicted octanol–water partition coefficient (Wildman–Crippen LogP) is 2.68. The van der Waals surface area contributed by atoms with Crippen LogP contribution in [0.1, 0.15) is 18.3 Å². The number of nitrogens with zero attached hydrogens (tertiary/aromatic N) is 2. The van der Waals surface area contributed by atoms with Gasteiger partial charge in [-0.1, -0.05) is 29.5 Å². The zero-order valence-corrected chi connectivity index (χ0v) is 10.3. The summed E-state index contributed by atoms with van der Waals surface area (Å²) in [6.07, 6.45) is 0.991. The fourth-order valence-electron chi connectivity index (χ4n) is 0.965. The van der Waals surface area contributed by atoms with E-state index in [1.165, 1.54) is 10.2 Å². The van der Waals surface area contributed by atoms with Crippen LogP contribution in [0.3, 0.4) is 0 Å². The Bertz CT molecular complexity index is 257. The minimum atomic E-state index is 0.991. The summed E-state index contributed by atoms with van der Waals surface area (Å²) in [6.45, 7) is 2.12. The molecular weight excluding hydrogens is 319 g/mol.